The lowest BCUT2D eigenvalue weighted by atomic mass is 10.0. The molecule has 0 aliphatic heterocycles. The van der Waals surface area contributed by atoms with Crippen molar-refractivity contribution in [3.05, 3.63) is 48.6 Å². The molecule has 566 valence electrons. The highest BCUT2D eigenvalue weighted by Gasteiger charge is 2.18. The van der Waals surface area contributed by atoms with Crippen LogP contribution in [0.25, 0.3) is 0 Å². The monoisotopic (exact) mass is 1350 g/mol. The number of rotatable bonds is 83. The van der Waals surface area contributed by atoms with E-state index < -0.39 is 12.1 Å². The molecular formula is C90H171NO5. The molecule has 0 aromatic rings. The van der Waals surface area contributed by atoms with Gasteiger partial charge < -0.3 is 20.3 Å². The van der Waals surface area contributed by atoms with Gasteiger partial charge in [-0.15, -0.1) is 0 Å². The fraction of sp³-hybridized carbons (Fsp3) is 0.889. The Kier molecular flexibility index (Phi) is 83.3. The molecule has 2 unspecified atom stereocenters. The lowest BCUT2D eigenvalue weighted by Gasteiger charge is -2.20. The second-order valence-electron chi connectivity index (χ2n) is 30.2. The first-order valence-corrected chi connectivity index (χ1v) is 43.9. The largest absolute Gasteiger partial charge is 0.466 e. The maximum Gasteiger partial charge on any atom is 0.305 e. The van der Waals surface area contributed by atoms with Crippen molar-refractivity contribution < 1.29 is 24.5 Å². The Labute approximate surface area is 601 Å². The molecule has 96 heavy (non-hydrogen) atoms. The number of esters is 1. The number of ether oxygens (including phenoxy) is 1. The van der Waals surface area contributed by atoms with Crippen LogP contribution in [-0.2, 0) is 14.3 Å². The normalized spacial score (nSPS) is 12.7. The zero-order chi connectivity index (χ0) is 69.1. The van der Waals surface area contributed by atoms with Crippen LogP contribution in [0.1, 0.15) is 489 Å². The quantitative estimate of drug-likeness (QED) is 0.0320. The maximum atomic E-state index is 12.6. The smallest absolute Gasteiger partial charge is 0.305 e. The van der Waals surface area contributed by atoms with Gasteiger partial charge in [0.2, 0.25) is 5.91 Å². The van der Waals surface area contributed by atoms with E-state index in [-0.39, 0.29) is 18.5 Å². The van der Waals surface area contributed by atoms with E-state index in [2.05, 4.69) is 55.6 Å². The summed E-state index contributed by atoms with van der Waals surface area (Å²) >= 11 is 0. The molecule has 0 saturated carbocycles. The number of hydrogen-bond donors (Lipinski definition) is 3. The van der Waals surface area contributed by atoms with Crippen molar-refractivity contribution in [2.24, 2.45) is 0 Å². The minimum absolute atomic E-state index is 0.0170. The molecule has 1 amide bonds. The van der Waals surface area contributed by atoms with Gasteiger partial charge in [-0.25, -0.2) is 0 Å². The highest BCUT2D eigenvalue weighted by atomic mass is 16.5. The second kappa shape index (κ2) is 85.2. The Morgan fingerprint density at radius 1 is 0.292 bits per heavy atom. The number of aliphatic hydroxyl groups is 2. The second-order valence-corrected chi connectivity index (χ2v) is 30.2. The number of carbonyl (C=O) groups is 2. The molecule has 3 N–H and O–H groups in total. The van der Waals surface area contributed by atoms with E-state index in [4.69, 9.17) is 4.74 Å². The molecule has 6 nitrogen and oxygen atoms in total. The minimum Gasteiger partial charge on any atom is -0.466 e. The van der Waals surface area contributed by atoms with Gasteiger partial charge in [0.05, 0.1) is 25.4 Å². The van der Waals surface area contributed by atoms with Gasteiger partial charge in [-0.3, -0.25) is 9.59 Å². The van der Waals surface area contributed by atoms with E-state index in [1.165, 1.54) is 411 Å². The van der Waals surface area contributed by atoms with Gasteiger partial charge in [-0.2, -0.15) is 0 Å². The van der Waals surface area contributed by atoms with Crippen molar-refractivity contribution >= 4 is 11.9 Å². The number of carbonyl (C=O) groups excluding carboxylic acids is 2. The number of unbranched alkanes of at least 4 members (excludes halogenated alkanes) is 66. The molecule has 0 fully saturated rings. The van der Waals surface area contributed by atoms with Crippen molar-refractivity contribution in [1.29, 1.82) is 0 Å². The first-order chi connectivity index (χ1) is 47.5. The lowest BCUT2D eigenvalue weighted by molar-refractivity contribution is -0.143. The molecule has 0 saturated heterocycles. The Morgan fingerprint density at radius 3 is 0.823 bits per heavy atom. The third-order valence-corrected chi connectivity index (χ3v) is 20.6. The lowest BCUT2D eigenvalue weighted by Crippen LogP contribution is -2.45. The summed E-state index contributed by atoms with van der Waals surface area (Å²) in [6.45, 7) is 4.93. The third kappa shape index (κ3) is 80.8. The maximum absolute atomic E-state index is 12.6. The fourth-order valence-corrected chi connectivity index (χ4v) is 13.9. The topological polar surface area (TPSA) is 95.9 Å². The molecule has 0 rings (SSSR count). The molecule has 0 aliphatic rings. The predicted molar refractivity (Wildman–Crippen MR) is 426 cm³/mol. The first kappa shape index (κ1) is 93.8. The molecule has 2 atom stereocenters. The van der Waals surface area contributed by atoms with Gasteiger partial charge in [-0.1, -0.05) is 435 Å². The zero-order valence-electron chi connectivity index (χ0n) is 65.1. The minimum atomic E-state index is -0.844. The van der Waals surface area contributed by atoms with Gasteiger partial charge in [0, 0.05) is 12.8 Å². The molecule has 0 radical (unpaired) electrons. The predicted octanol–water partition coefficient (Wildman–Crippen LogP) is 29.5. The van der Waals surface area contributed by atoms with Gasteiger partial charge in [0.25, 0.3) is 0 Å². The van der Waals surface area contributed by atoms with E-state index in [0.29, 0.717) is 19.4 Å². The Hall–Kier alpha value is -2.18. The average Bonchev–Trinajstić information content (AvgIpc) is 3.16. The fourth-order valence-electron chi connectivity index (χ4n) is 13.9. The Morgan fingerprint density at radius 2 is 0.521 bits per heavy atom. The standard InChI is InChI=1S/C90H171NO5/c1-3-5-7-9-11-13-15-17-19-21-23-24-25-37-40-43-47-50-54-58-62-66-70-74-78-82-88(93)87(86-92)91-89(94)83-79-75-71-67-63-59-55-51-48-44-41-38-35-33-31-29-27-26-28-30-32-34-36-39-42-45-49-53-57-61-65-69-73-77-81-85-96-90(95)84-80-76-72-68-64-60-56-52-46-22-20-18-16-14-12-10-8-6-4-2/h12,14,18,20,28,30,78,82,87-88,92-93H,3-11,13,15-17,19,21-27,29,31-77,79-81,83-86H2,1-2H3,(H,91,94)/b14-12-,20-18-,30-28-,82-78+. The summed E-state index contributed by atoms with van der Waals surface area (Å²) in [6, 6.07) is -0.627. The zero-order valence-corrected chi connectivity index (χ0v) is 65.1. The highest BCUT2D eigenvalue weighted by Crippen LogP contribution is 2.20. The summed E-state index contributed by atoms with van der Waals surface area (Å²) in [4.78, 5) is 24.7. The summed E-state index contributed by atoms with van der Waals surface area (Å²) in [5.74, 6) is -0.0420. The molecule has 0 bridgehead atoms. The molecular weight excluding hydrogens is 1170 g/mol. The molecule has 0 aromatic carbocycles. The van der Waals surface area contributed by atoms with Crippen LogP contribution in [0.2, 0.25) is 0 Å². The van der Waals surface area contributed by atoms with E-state index in [1.807, 2.05) is 6.08 Å². The van der Waals surface area contributed by atoms with Crippen molar-refractivity contribution in [2.45, 2.75) is 501 Å². The highest BCUT2D eigenvalue weighted by molar-refractivity contribution is 5.76. The van der Waals surface area contributed by atoms with Gasteiger partial charge >= 0.3 is 5.97 Å². The van der Waals surface area contributed by atoms with Crippen LogP contribution in [0.3, 0.4) is 0 Å². The van der Waals surface area contributed by atoms with Crippen molar-refractivity contribution in [3.8, 4) is 0 Å². The van der Waals surface area contributed by atoms with Crippen LogP contribution in [0, 0.1) is 0 Å². The molecule has 6 heteroatoms. The Bertz CT molecular complexity index is 1600. The summed E-state index contributed by atoms with van der Waals surface area (Å²) in [5.41, 5.74) is 0. The van der Waals surface area contributed by atoms with Crippen molar-refractivity contribution in [2.75, 3.05) is 13.2 Å². The third-order valence-electron chi connectivity index (χ3n) is 20.6. The molecule has 0 spiro atoms. The van der Waals surface area contributed by atoms with Crippen LogP contribution >= 0.6 is 0 Å². The number of nitrogens with one attached hydrogen (secondary N) is 1. The van der Waals surface area contributed by atoms with E-state index in [0.717, 1.165) is 51.4 Å². The summed E-state index contributed by atoms with van der Waals surface area (Å²) in [6.07, 6.45) is 114. The Balaban J connectivity index is 3.36. The van der Waals surface area contributed by atoms with Crippen molar-refractivity contribution in [1.82, 2.24) is 5.32 Å². The average molecular weight is 1350 g/mol. The van der Waals surface area contributed by atoms with Crippen LogP contribution < -0.4 is 5.32 Å². The number of hydrogen-bond acceptors (Lipinski definition) is 5. The summed E-state index contributed by atoms with van der Waals surface area (Å²) in [7, 11) is 0. The molecule has 0 aromatic heterocycles. The van der Waals surface area contributed by atoms with E-state index >= 15 is 0 Å². The van der Waals surface area contributed by atoms with Crippen LogP contribution in [0.5, 0.6) is 0 Å². The van der Waals surface area contributed by atoms with Gasteiger partial charge in [0.1, 0.15) is 0 Å². The summed E-state index contributed by atoms with van der Waals surface area (Å²) < 4.78 is 5.52. The van der Waals surface area contributed by atoms with Crippen LogP contribution in [0.15, 0.2) is 48.6 Å². The molecule has 0 aliphatic carbocycles. The molecule has 0 heterocycles. The number of allylic oxidation sites excluding steroid dienone is 7. The first-order valence-electron chi connectivity index (χ1n) is 43.9. The number of amides is 1. The van der Waals surface area contributed by atoms with Crippen LogP contribution in [0.4, 0.5) is 0 Å². The SMILES string of the molecule is CCCCC/C=C\C/C=C\CCCCCCCCCCCC(=O)OCCCCCCCCCCCCCCCC/C=C\CCCCCCCCCCCCCCCCCCCC(=O)NC(CO)C(O)/C=C/CCCCCCCCCCCCCCCCCCCCCCCCC. The van der Waals surface area contributed by atoms with Crippen molar-refractivity contribution in [3.63, 3.8) is 0 Å². The van der Waals surface area contributed by atoms with Gasteiger partial charge in [0.15, 0.2) is 0 Å². The number of aliphatic hydroxyl groups excluding tert-OH is 2. The van der Waals surface area contributed by atoms with Gasteiger partial charge in [-0.05, 0) is 89.9 Å². The van der Waals surface area contributed by atoms with Crippen LogP contribution in [-0.4, -0.2) is 47.4 Å². The summed E-state index contributed by atoms with van der Waals surface area (Å²) in [5, 5.41) is 23.3. The van der Waals surface area contributed by atoms with E-state index in [1.54, 1.807) is 6.08 Å². The van der Waals surface area contributed by atoms with E-state index in [9.17, 15) is 19.8 Å².